The number of nitrogens with zero attached hydrogens (tertiary/aromatic N) is 1. The highest BCUT2D eigenvalue weighted by Gasteiger charge is 2.18. The van der Waals surface area contributed by atoms with Crippen molar-refractivity contribution in [2.75, 3.05) is 17.2 Å². The van der Waals surface area contributed by atoms with Crippen molar-refractivity contribution in [3.8, 4) is 0 Å². The average molecular weight is 399 g/mol. The fourth-order valence-corrected chi connectivity index (χ4v) is 3.42. The summed E-state index contributed by atoms with van der Waals surface area (Å²) in [5.74, 6) is -0.565. The summed E-state index contributed by atoms with van der Waals surface area (Å²) >= 11 is 0. The van der Waals surface area contributed by atoms with Crippen molar-refractivity contribution in [1.29, 1.82) is 0 Å². The first-order chi connectivity index (χ1) is 14.6. The summed E-state index contributed by atoms with van der Waals surface area (Å²) in [4.78, 5) is 28.4. The Bertz CT molecular complexity index is 1250. The number of benzene rings is 3. The Hall–Kier alpha value is -3.93. The molecule has 0 aliphatic rings. The topological polar surface area (TPSA) is 80.3 Å². The van der Waals surface area contributed by atoms with Crippen molar-refractivity contribution in [1.82, 2.24) is 4.98 Å². The Kier molecular flexibility index (Phi) is 5.30. The summed E-state index contributed by atoms with van der Waals surface area (Å²) in [6.07, 6.45) is 1.56. The molecular weight excluding hydrogens is 378 g/mol. The number of aromatic nitrogens is 1. The van der Waals surface area contributed by atoms with Gasteiger partial charge in [0, 0.05) is 35.3 Å². The molecule has 2 N–H and O–H groups in total. The lowest BCUT2D eigenvalue weighted by molar-refractivity contribution is -0.114. The third-order valence-corrected chi connectivity index (χ3v) is 4.73. The lowest BCUT2D eigenvalue weighted by Gasteiger charge is -2.15. The molecule has 4 rings (SSSR count). The molecule has 6 nitrogen and oxygen atoms in total. The van der Waals surface area contributed by atoms with E-state index in [1.807, 2.05) is 48.5 Å². The summed E-state index contributed by atoms with van der Waals surface area (Å²) in [5.41, 5.74) is 3.28. The van der Waals surface area contributed by atoms with Crippen LogP contribution in [0.1, 0.15) is 24.2 Å². The van der Waals surface area contributed by atoms with Crippen molar-refractivity contribution < 1.29 is 14.3 Å². The zero-order valence-electron chi connectivity index (χ0n) is 16.7. The monoisotopic (exact) mass is 399 g/mol. The fourth-order valence-electron chi connectivity index (χ4n) is 3.42. The molecule has 0 saturated heterocycles. The van der Waals surface area contributed by atoms with Crippen molar-refractivity contribution in [3.63, 3.8) is 0 Å². The Morgan fingerprint density at radius 2 is 1.67 bits per heavy atom. The van der Waals surface area contributed by atoms with Gasteiger partial charge in [-0.15, -0.1) is 0 Å². The van der Waals surface area contributed by atoms with Crippen LogP contribution in [0.3, 0.4) is 0 Å². The Labute approximate surface area is 173 Å². The van der Waals surface area contributed by atoms with E-state index in [0.717, 1.165) is 27.4 Å². The molecule has 0 aliphatic carbocycles. The lowest BCUT2D eigenvalue weighted by Crippen LogP contribution is -2.09. The van der Waals surface area contributed by atoms with Crippen LogP contribution in [0.5, 0.6) is 0 Å². The number of nitrogens with one attached hydrogen (secondary N) is 2. The standard InChI is InChI=1S/C24H21N3O3/c1-3-30-24(29)21-14-25-22-19-7-5-4-6-16(19)8-13-20(22)23(21)27-18-11-9-17(10-12-18)26-15(2)28/h4-14H,3H2,1-2H3,(H,25,27)(H,26,28). The molecule has 150 valence electrons. The second kappa shape index (κ2) is 8.21. The zero-order valence-corrected chi connectivity index (χ0v) is 16.7. The molecular formula is C24H21N3O3. The van der Waals surface area contributed by atoms with Gasteiger partial charge in [0.05, 0.1) is 17.8 Å². The molecule has 1 aromatic heterocycles. The second-order valence-electron chi connectivity index (χ2n) is 6.83. The summed E-state index contributed by atoms with van der Waals surface area (Å²) in [6, 6.07) is 19.2. The van der Waals surface area contributed by atoms with Gasteiger partial charge in [0.1, 0.15) is 5.56 Å². The quantitative estimate of drug-likeness (QED) is 0.353. The van der Waals surface area contributed by atoms with Gasteiger partial charge in [-0.05, 0) is 36.6 Å². The van der Waals surface area contributed by atoms with Crippen LogP contribution >= 0.6 is 0 Å². The summed E-state index contributed by atoms with van der Waals surface area (Å²) < 4.78 is 5.24. The first kappa shape index (κ1) is 19.4. The number of rotatable bonds is 5. The minimum Gasteiger partial charge on any atom is -0.462 e. The number of esters is 1. The van der Waals surface area contributed by atoms with Crippen LogP contribution < -0.4 is 10.6 Å². The van der Waals surface area contributed by atoms with Crippen molar-refractivity contribution >= 4 is 50.6 Å². The predicted octanol–water partition coefficient (Wildman–Crippen LogP) is 5.27. The number of amides is 1. The van der Waals surface area contributed by atoms with Gasteiger partial charge in [0.2, 0.25) is 5.91 Å². The highest BCUT2D eigenvalue weighted by Crippen LogP contribution is 2.33. The van der Waals surface area contributed by atoms with Crippen LogP contribution in [0.15, 0.2) is 66.9 Å². The number of anilines is 3. The van der Waals surface area contributed by atoms with Gasteiger partial charge in [-0.25, -0.2) is 4.79 Å². The van der Waals surface area contributed by atoms with Crippen LogP contribution in [0.4, 0.5) is 17.1 Å². The van der Waals surface area contributed by atoms with E-state index in [1.54, 1.807) is 25.3 Å². The maximum Gasteiger partial charge on any atom is 0.341 e. The molecule has 30 heavy (non-hydrogen) atoms. The first-order valence-corrected chi connectivity index (χ1v) is 9.69. The smallest absolute Gasteiger partial charge is 0.341 e. The number of carbonyl (C=O) groups excluding carboxylic acids is 2. The normalized spacial score (nSPS) is 10.7. The van der Waals surface area contributed by atoms with Crippen LogP contribution in [0.2, 0.25) is 0 Å². The SMILES string of the molecule is CCOC(=O)c1cnc2c(ccc3ccccc32)c1Nc1ccc(NC(C)=O)cc1. The number of pyridine rings is 1. The van der Waals surface area contributed by atoms with Crippen molar-refractivity contribution in [2.24, 2.45) is 0 Å². The van der Waals surface area contributed by atoms with E-state index in [2.05, 4.69) is 15.6 Å². The number of ether oxygens (including phenoxy) is 1. The van der Waals surface area contributed by atoms with E-state index in [0.29, 0.717) is 16.9 Å². The highest BCUT2D eigenvalue weighted by molar-refractivity contribution is 6.13. The molecule has 0 bridgehead atoms. The number of carbonyl (C=O) groups is 2. The predicted molar refractivity (Wildman–Crippen MR) is 119 cm³/mol. The molecule has 0 atom stereocenters. The number of hydrogen-bond acceptors (Lipinski definition) is 5. The lowest BCUT2D eigenvalue weighted by atomic mass is 10.0. The van der Waals surface area contributed by atoms with E-state index in [-0.39, 0.29) is 12.5 Å². The van der Waals surface area contributed by atoms with Crippen molar-refractivity contribution in [3.05, 3.63) is 72.4 Å². The zero-order chi connectivity index (χ0) is 21.1. The highest BCUT2D eigenvalue weighted by atomic mass is 16.5. The molecule has 4 aromatic rings. The Balaban J connectivity index is 1.84. The van der Waals surface area contributed by atoms with E-state index in [9.17, 15) is 9.59 Å². The molecule has 0 spiro atoms. The molecule has 3 aromatic carbocycles. The number of fused-ring (bicyclic) bond motifs is 3. The van der Waals surface area contributed by atoms with E-state index >= 15 is 0 Å². The maximum atomic E-state index is 12.6. The molecule has 0 radical (unpaired) electrons. The largest absolute Gasteiger partial charge is 0.462 e. The molecule has 0 saturated carbocycles. The van der Waals surface area contributed by atoms with Gasteiger partial charge in [-0.2, -0.15) is 0 Å². The molecule has 1 amide bonds. The Morgan fingerprint density at radius 1 is 0.933 bits per heavy atom. The summed E-state index contributed by atoms with van der Waals surface area (Å²) in [6.45, 7) is 3.51. The summed E-state index contributed by atoms with van der Waals surface area (Å²) in [5, 5.41) is 9.00. The van der Waals surface area contributed by atoms with Gasteiger partial charge >= 0.3 is 5.97 Å². The van der Waals surface area contributed by atoms with Gasteiger partial charge in [0.15, 0.2) is 0 Å². The van der Waals surface area contributed by atoms with Gasteiger partial charge in [-0.3, -0.25) is 9.78 Å². The van der Waals surface area contributed by atoms with Crippen LogP contribution in [-0.2, 0) is 9.53 Å². The summed E-state index contributed by atoms with van der Waals surface area (Å²) in [7, 11) is 0. The van der Waals surface area contributed by atoms with Gasteiger partial charge in [0.25, 0.3) is 0 Å². The minimum absolute atomic E-state index is 0.132. The van der Waals surface area contributed by atoms with E-state index in [1.165, 1.54) is 6.92 Å². The van der Waals surface area contributed by atoms with Crippen LogP contribution in [0.25, 0.3) is 21.7 Å². The molecule has 1 heterocycles. The van der Waals surface area contributed by atoms with E-state index < -0.39 is 5.97 Å². The first-order valence-electron chi connectivity index (χ1n) is 9.69. The second-order valence-corrected chi connectivity index (χ2v) is 6.83. The molecule has 0 aliphatic heterocycles. The number of hydrogen-bond donors (Lipinski definition) is 2. The molecule has 6 heteroatoms. The third-order valence-electron chi connectivity index (χ3n) is 4.73. The fraction of sp³-hybridized carbons (Fsp3) is 0.125. The molecule has 0 unspecified atom stereocenters. The maximum absolute atomic E-state index is 12.6. The van der Waals surface area contributed by atoms with Crippen LogP contribution in [0, 0.1) is 0 Å². The van der Waals surface area contributed by atoms with Gasteiger partial charge < -0.3 is 15.4 Å². The Morgan fingerprint density at radius 3 is 2.40 bits per heavy atom. The minimum atomic E-state index is -0.433. The van der Waals surface area contributed by atoms with Gasteiger partial charge in [-0.1, -0.05) is 36.4 Å². The van der Waals surface area contributed by atoms with Crippen molar-refractivity contribution in [2.45, 2.75) is 13.8 Å². The third kappa shape index (κ3) is 3.80. The average Bonchev–Trinajstić information content (AvgIpc) is 2.75. The molecule has 0 fully saturated rings. The van der Waals surface area contributed by atoms with Crippen LogP contribution in [-0.4, -0.2) is 23.5 Å². The van der Waals surface area contributed by atoms with E-state index in [4.69, 9.17) is 4.74 Å².